The van der Waals surface area contributed by atoms with Crippen molar-refractivity contribution >= 4 is 5.91 Å². The Morgan fingerprint density at radius 2 is 1.15 bits per heavy atom. The Labute approximate surface area is 359 Å². The van der Waals surface area contributed by atoms with Crippen molar-refractivity contribution in [2.45, 2.75) is 216 Å². The summed E-state index contributed by atoms with van der Waals surface area (Å²) >= 11 is 0. The molecular weight excluding hydrogens is 775 g/mol. The molecule has 0 bridgehead atoms. The lowest BCUT2D eigenvalue weighted by molar-refractivity contribution is -0.359. The third-order valence-corrected chi connectivity index (χ3v) is 11.1. The summed E-state index contributed by atoms with van der Waals surface area (Å²) in [6.07, 6.45) is 20.9. The van der Waals surface area contributed by atoms with E-state index in [1.54, 1.807) is 0 Å². The summed E-state index contributed by atoms with van der Waals surface area (Å²) in [5.41, 5.74) is 0. The number of hydrogen-bond donors (Lipinski definition) is 9. The number of aliphatic hydroxyl groups is 8. The molecule has 0 aromatic heterocycles. The predicted octanol–water partition coefficient (Wildman–Crippen LogP) is 4.54. The Balaban J connectivity index is 1.67. The highest BCUT2D eigenvalue weighted by atomic mass is 16.7. The molecule has 12 unspecified atom stereocenters. The molecule has 2 heterocycles. The Morgan fingerprint density at radius 1 is 0.617 bits per heavy atom. The van der Waals surface area contributed by atoms with Gasteiger partial charge in [0.1, 0.15) is 48.8 Å². The highest BCUT2D eigenvalue weighted by Crippen LogP contribution is 2.30. The van der Waals surface area contributed by atoms with Gasteiger partial charge in [0.05, 0.1) is 32.0 Å². The number of carbonyl (C=O) groups excluding carboxylic acids is 1. The van der Waals surface area contributed by atoms with E-state index in [9.17, 15) is 45.6 Å². The number of rotatable bonds is 33. The molecule has 14 nitrogen and oxygen atoms in total. The van der Waals surface area contributed by atoms with Crippen LogP contribution in [-0.4, -0.2) is 140 Å². The fourth-order valence-electron chi connectivity index (χ4n) is 7.28. The number of aliphatic hydroxyl groups excluding tert-OH is 8. The van der Waals surface area contributed by atoms with Crippen molar-refractivity contribution in [1.29, 1.82) is 0 Å². The molecule has 0 aliphatic carbocycles. The van der Waals surface area contributed by atoms with Gasteiger partial charge >= 0.3 is 0 Å². The first-order valence-electron chi connectivity index (χ1n) is 22.9. The SMILES string of the molecule is CC/C=C\C/C=C\C/C=C\C/C=C\CCCCCCCCCCCCC(=O)NC(COC1OC(CO)C(OC2OC(CO)C(O)C(O)C2O)C(O)C1O)C(O)CCCCC. The molecule has 0 spiro atoms. The molecule has 9 N–H and O–H groups in total. The molecule has 60 heavy (non-hydrogen) atoms. The van der Waals surface area contributed by atoms with Crippen LogP contribution in [0.5, 0.6) is 0 Å². The molecule has 12 atom stereocenters. The number of carbonyl (C=O) groups is 1. The van der Waals surface area contributed by atoms with Gasteiger partial charge in [-0.2, -0.15) is 0 Å². The Hall–Kier alpha value is -2.05. The summed E-state index contributed by atoms with van der Waals surface area (Å²) in [4.78, 5) is 13.0. The molecule has 0 radical (unpaired) electrons. The van der Waals surface area contributed by atoms with Gasteiger partial charge in [-0.05, 0) is 51.4 Å². The van der Waals surface area contributed by atoms with Crippen LogP contribution in [0, 0.1) is 0 Å². The van der Waals surface area contributed by atoms with Gasteiger partial charge in [0.25, 0.3) is 0 Å². The number of nitrogens with one attached hydrogen (secondary N) is 1. The van der Waals surface area contributed by atoms with Gasteiger partial charge < -0.3 is 65.1 Å². The maximum Gasteiger partial charge on any atom is 0.220 e. The van der Waals surface area contributed by atoms with E-state index in [1.165, 1.54) is 38.5 Å². The smallest absolute Gasteiger partial charge is 0.220 e. The van der Waals surface area contributed by atoms with Crippen molar-refractivity contribution in [3.05, 3.63) is 48.6 Å². The van der Waals surface area contributed by atoms with Crippen LogP contribution in [0.1, 0.15) is 142 Å². The average molecular weight is 856 g/mol. The molecule has 2 aliphatic rings. The number of unbranched alkanes of at least 4 members (excludes halogenated alkanes) is 12. The lowest BCUT2D eigenvalue weighted by atomic mass is 9.97. The number of amides is 1. The maximum absolute atomic E-state index is 13.0. The van der Waals surface area contributed by atoms with Crippen LogP contribution < -0.4 is 5.32 Å². The van der Waals surface area contributed by atoms with Crippen molar-refractivity contribution in [2.75, 3.05) is 19.8 Å². The predicted molar refractivity (Wildman–Crippen MR) is 231 cm³/mol. The molecule has 2 rings (SSSR count). The third kappa shape index (κ3) is 21.4. The minimum atomic E-state index is -1.78. The topological polar surface area (TPSA) is 228 Å². The van der Waals surface area contributed by atoms with Crippen LogP contribution in [-0.2, 0) is 23.7 Å². The van der Waals surface area contributed by atoms with Crippen molar-refractivity contribution < 1.29 is 64.6 Å². The molecule has 348 valence electrons. The zero-order chi connectivity index (χ0) is 44.0. The normalized spacial score (nSPS) is 28.7. The fourth-order valence-corrected chi connectivity index (χ4v) is 7.28. The van der Waals surface area contributed by atoms with Crippen LogP contribution in [0.25, 0.3) is 0 Å². The van der Waals surface area contributed by atoms with Gasteiger partial charge in [-0.3, -0.25) is 4.79 Å². The van der Waals surface area contributed by atoms with E-state index in [2.05, 4.69) is 60.8 Å². The largest absolute Gasteiger partial charge is 0.394 e. The molecular formula is C46H81NO13. The van der Waals surface area contributed by atoms with E-state index in [4.69, 9.17) is 18.9 Å². The van der Waals surface area contributed by atoms with E-state index in [1.807, 2.05) is 6.92 Å². The Kier molecular flexibility index (Phi) is 30.2. The summed E-state index contributed by atoms with van der Waals surface area (Å²) < 4.78 is 22.5. The van der Waals surface area contributed by atoms with Crippen LogP contribution in [0.4, 0.5) is 0 Å². The Bertz CT molecular complexity index is 1200. The highest BCUT2D eigenvalue weighted by Gasteiger charge is 2.51. The van der Waals surface area contributed by atoms with Crippen LogP contribution in [0.2, 0.25) is 0 Å². The molecule has 1 amide bonds. The number of ether oxygens (including phenoxy) is 4. The molecule has 2 saturated heterocycles. The quantitative estimate of drug-likeness (QED) is 0.0327. The molecule has 14 heteroatoms. The first kappa shape index (κ1) is 54.1. The zero-order valence-electron chi connectivity index (χ0n) is 36.4. The van der Waals surface area contributed by atoms with Crippen molar-refractivity contribution in [1.82, 2.24) is 5.32 Å². The maximum atomic E-state index is 13.0. The summed E-state index contributed by atoms with van der Waals surface area (Å²) in [5, 5.41) is 85.9. The van der Waals surface area contributed by atoms with Crippen molar-refractivity contribution in [2.24, 2.45) is 0 Å². The van der Waals surface area contributed by atoms with Gasteiger partial charge in [0, 0.05) is 6.42 Å². The molecule has 2 fully saturated rings. The van der Waals surface area contributed by atoms with Crippen molar-refractivity contribution in [3.63, 3.8) is 0 Å². The van der Waals surface area contributed by atoms with Gasteiger partial charge in [-0.25, -0.2) is 0 Å². The van der Waals surface area contributed by atoms with Crippen molar-refractivity contribution in [3.8, 4) is 0 Å². The second kappa shape index (κ2) is 33.5. The average Bonchev–Trinajstić information content (AvgIpc) is 3.24. The summed E-state index contributed by atoms with van der Waals surface area (Å²) in [6.45, 7) is 2.53. The van der Waals surface area contributed by atoms with E-state index in [0.717, 1.165) is 70.6 Å². The highest BCUT2D eigenvalue weighted by molar-refractivity contribution is 5.76. The molecule has 2 aliphatic heterocycles. The molecule has 0 aromatic carbocycles. The minimum absolute atomic E-state index is 0.227. The lowest BCUT2D eigenvalue weighted by Gasteiger charge is -2.46. The van der Waals surface area contributed by atoms with E-state index < -0.39 is 86.8 Å². The third-order valence-electron chi connectivity index (χ3n) is 11.1. The van der Waals surface area contributed by atoms with Crippen LogP contribution in [0.15, 0.2) is 48.6 Å². The fraction of sp³-hybridized carbons (Fsp3) is 0.804. The first-order chi connectivity index (χ1) is 29.1. The molecule has 0 aromatic rings. The van der Waals surface area contributed by atoms with Gasteiger partial charge in [-0.15, -0.1) is 0 Å². The lowest BCUT2D eigenvalue weighted by Crippen LogP contribution is -2.65. The van der Waals surface area contributed by atoms with E-state index in [0.29, 0.717) is 19.3 Å². The summed E-state index contributed by atoms with van der Waals surface area (Å²) in [7, 11) is 0. The van der Waals surface area contributed by atoms with E-state index in [-0.39, 0.29) is 12.5 Å². The summed E-state index contributed by atoms with van der Waals surface area (Å²) in [6, 6.07) is -0.827. The van der Waals surface area contributed by atoms with Gasteiger partial charge in [0.15, 0.2) is 12.6 Å². The monoisotopic (exact) mass is 856 g/mol. The molecule has 0 saturated carbocycles. The zero-order valence-corrected chi connectivity index (χ0v) is 36.4. The van der Waals surface area contributed by atoms with Gasteiger partial charge in [0.2, 0.25) is 5.91 Å². The van der Waals surface area contributed by atoms with E-state index >= 15 is 0 Å². The number of allylic oxidation sites excluding steroid dienone is 8. The van der Waals surface area contributed by atoms with Gasteiger partial charge in [-0.1, -0.05) is 133 Å². The second-order valence-corrected chi connectivity index (χ2v) is 16.2. The minimum Gasteiger partial charge on any atom is -0.394 e. The van der Waals surface area contributed by atoms with Crippen LogP contribution >= 0.6 is 0 Å². The number of hydrogen-bond acceptors (Lipinski definition) is 13. The van der Waals surface area contributed by atoms with Crippen LogP contribution in [0.3, 0.4) is 0 Å². The second-order valence-electron chi connectivity index (χ2n) is 16.2. The standard InChI is InChI=1S/C46H81NO13/c1-3-5-7-8-9-10-11-12-13-14-15-16-17-18-19-20-21-22-23-24-25-26-28-30-38(51)47-34(35(50)29-27-6-4-2)33-57-45-43(56)41(54)44(37(32-49)59-45)60-46-42(55)40(53)39(52)36(31-48)58-46/h5,7,9-10,12-13,15-16,34-37,39-46,48-50,52-56H,3-4,6,8,11,14,17-33H2,1-2H3,(H,47,51)/b7-5-,10-9-,13-12-,16-15-. The Morgan fingerprint density at radius 3 is 1.73 bits per heavy atom. The first-order valence-corrected chi connectivity index (χ1v) is 22.9. The summed E-state index contributed by atoms with van der Waals surface area (Å²) in [5.74, 6) is -0.227.